The Bertz CT molecular complexity index is 1100. The van der Waals surface area contributed by atoms with Crippen LogP contribution in [-0.4, -0.2) is 57.6 Å². The maximum absolute atomic E-state index is 13.7. The van der Waals surface area contributed by atoms with Crippen molar-refractivity contribution in [1.29, 1.82) is 0 Å². The molecule has 0 unspecified atom stereocenters. The zero-order valence-corrected chi connectivity index (χ0v) is 22.1. The van der Waals surface area contributed by atoms with Crippen LogP contribution in [0.5, 0.6) is 5.75 Å². The first-order chi connectivity index (χ1) is 16.6. The topological polar surface area (TPSA) is 96.0 Å². The van der Waals surface area contributed by atoms with Crippen molar-refractivity contribution in [2.75, 3.05) is 30.8 Å². The van der Waals surface area contributed by atoms with Crippen molar-refractivity contribution in [3.63, 3.8) is 0 Å². The van der Waals surface area contributed by atoms with Crippen molar-refractivity contribution < 1.29 is 22.7 Å². The van der Waals surface area contributed by atoms with Crippen molar-refractivity contribution in [3.05, 3.63) is 59.7 Å². The SMILES string of the molecule is CCCCNC(=O)[C@H](CC)N(Cc1cccc(C)c1)C(=O)CN(c1ccccc1OC)S(C)(=O)=O. The average Bonchev–Trinajstić information content (AvgIpc) is 2.81. The van der Waals surface area contributed by atoms with Gasteiger partial charge in [0.25, 0.3) is 0 Å². The molecule has 2 aromatic rings. The lowest BCUT2D eigenvalue weighted by Gasteiger charge is -2.33. The van der Waals surface area contributed by atoms with E-state index in [1.807, 2.05) is 45.0 Å². The van der Waals surface area contributed by atoms with Crippen LogP contribution in [0, 0.1) is 6.92 Å². The molecule has 0 spiro atoms. The number of hydrogen-bond donors (Lipinski definition) is 1. The number of carbonyl (C=O) groups excluding carboxylic acids is 2. The number of hydrogen-bond acceptors (Lipinski definition) is 5. The van der Waals surface area contributed by atoms with E-state index in [9.17, 15) is 18.0 Å². The van der Waals surface area contributed by atoms with E-state index in [0.29, 0.717) is 18.7 Å². The van der Waals surface area contributed by atoms with Gasteiger partial charge in [-0.05, 0) is 37.5 Å². The van der Waals surface area contributed by atoms with E-state index < -0.39 is 28.5 Å². The van der Waals surface area contributed by atoms with Crippen molar-refractivity contribution in [2.24, 2.45) is 0 Å². The molecular formula is C26H37N3O5S. The second kappa shape index (κ2) is 13.1. The van der Waals surface area contributed by atoms with Crippen molar-refractivity contribution >= 4 is 27.5 Å². The van der Waals surface area contributed by atoms with Crippen LogP contribution >= 0.6 is 0 Å². The van der Waals surface area contributed by atoms with E-state index in [4.69, 9.17) is 4.74 Å². The Kier molecular flexibility index (Phi) is 10.6. The molecule has 0 bridgehead atoms. The highest BCUT2D eigenvalue weighted by Crippen LogP contribution is 2.29. The monoisotopic (exact) mass is 503 g/mol. The molecule has 0 aromatic heterocycles. The normalized spacial score (nSPS) is 12.0. The minimum Gasteiger partial charge on any atom is -0.495 e. The molecule has 1 N–H and O–H groups in total. The van der Waals surface area contributed by atoms with Crippen LogP contribution < -0.4 is 14.4 Å². The fourth-order valence-electron chi connectivity index (χ4n) is 3.86. The average molecular weight is 504 g/mol. The van der Waals surface area contributed by atoms with Crippen LogP contribution in [0.1, 0.15) is 44.2 Å². The van der Waals surface area contributed by atoms with Gasteiger partial charge in [-0.3, -0.25) is 13.9 Å². The minimum atomic E-state index is -3.82. The summed E-state index contributed by atoms with van der Waals surface area (Å²) in [7, 11) is -2.38. The summed E-state index contributed by atoms with van der Waals surface area (Å²) in [5.74, 6) is -0.384. The van der Waals surface area contributed by atoms with Crippen LogP contribution in [0.4, 0.5) is 5.69 Å². The molecule has 0 radical (unpaired) electrons. The highest BCUT2D eigenvalue weighted by Gasteiger charge is 2.32. The van der Waals surface area contributed by atoms with Crippen molar-refractivity contribution in [1.82, 2.24) is 10.2 Å². The zero-order chi connectivity index (χ0) is 26.0. The molecule has 0 saturated heterocycles. The molecule has 2 aromatic carbocycles. The number of unbranched alkanes of at least 4 members (excludes halogenated alkanes) is 1. The van der Waals surface area contributed by atoms with Gasteiger partial charge in [-0.2, -0.15) is 0 Å². The summed E-state index contributed by atoms with van der Waals surface area (Å²) < 4.78 is 31.8. The Hall–Kier alpha value is -3.07. The van der Waals surface area contributed by atoms with Crippen LogP contribution in [0.3, 0.4) is 0 Å². The van der Waals surface area contributed by atoms with Gasteiger partial charge < -0.3 is 15.0 Å². The molecule has 1 atom stereocenters. The quantitative estimate of drug-likeness (QED) is 0.422. The Balaban J connectivity index is 2.44. The van der Waals surface area contributed by atoms with E-state index in [0.717, 1.165) is 34.5 Å². The number of rotatable bonds is 13. The van der Waals surface area contributed by atoms with Gasteiger partial charge in [0.2, 0.25) is 21.8 Å². The van der Waals surface area contributed by atoms with E-state index in [2.05, 4.69) is 5.32 Å². The second-order valence-electron chi connectivity index (χ2n) is 8.52. The zero-order valence-electron chi connectivity index (χ0n) is 21.3. The molecule has 2 rings (SSSR count). The van der Waals surface area contributed by atoms with Gasteiger partial charge in [-0.25, -0.2) is 8.42 Å². The maximum Gasteiger partial charge on any atom is 0.244 e. The molecule has 0 aliphatic rings. The molecule has 0 saturated carbocycles. The van der Waals surface area contributed by atoms with Crippen LogP contribution in [-0.2, 0) is 26.2 Å². The van der Waals surface area contributed by atoms with Crippen LogP contribution in [0.25, 0.3) is 0 Å². The van der Waals surface area contributed by atoms with Crippen molar-refractivity contribution in [3.8, 4) is 5.75 Å². The van der Waals surface area contributed by atoms with E-state index in [1.54, 1.807) is 24.3 Å². The summed E-state index contributed by atoms with van der Waals surface area (Å²) in [6, 6.07) is 13.6. The largest absolute Gasteiger partial charge is 0.495 e. The number of amides is 2. The molecule has 0 fully saturated rings. The van der Waals surface area contributed by atoms with Crippen LogP contribution in [0.2, 0.25) is 0 Å². The molecule has 2 amide bonds. The molecule has 8 nitrogen and oxygen atoms in total. The Morgan fingerprint density at radius 2 is 1.80 bits per heavy atom. The molecule has 0 heterocycles. The summed E-state index contributed by atoms with van der Waals surface area (Å²) in [6.45, 7) is 6.09. The third kappa shape index (κ3) is 7.99. The molecule has 35 heavy (non-hydrogen) atoms. The predicted molar refractivity (Wildman–Crippen MR) is 139 cm³/mol. The minimum absolute atomic E-state index is 0.184. The fourth-order valence-corrected chi connectivity index (χ4v) is 4.72. The molecule has 9 heteroatoms. The molecule has 192 valence electrons. The first kappa shape index (κ1) is 28.2. The second-order valence-corrected chi connectivity index (χ2v) is 10.4. The summed E-state index contributed by atoms with van der Waals surface area (Å²) >= 11 is 0. The number of methoxy groups -OCH3 is 1. The third-order valence-electron chi connectivity index (χ3n) is 5.68. The lowest BCUT2D eigenvalue weighted by molar-refractivity contribution is -0.140. The number of para-hydroxylation sites is 2. The Morgan fingerprint density at radius 1 is 1.09 bits per heavy atom. The number of benzene rings is 2. The lowest BCUT2D eigenvalue weighted by Crippen LogP contribution is -2.52. The number of carbonyl (C=O) groups is 2. The lowest BCUT2D eigenvalue weighted by atomic mass is 10.1. The number of anilines is 1. The predicted octanol–water partition coefficient (Wildman–Crippen LogP) is 3.49. The van der Waals surface area contributed by atoms with E-state index >= 15 is 0 Å². The Morgan fingerprint density at radius 3 is 2.40 bits per heavy atom. The highest BCUT2D eigenvalue weighted by atomic mass is 32.2. The molecular weight excluding hydrogens is 466 g/mol. The summed E-state index contributed by atoms with van der Waals surface area (Å²) in [5, 5.41) is 2.92. The first-order valence-electron chi connectivity index (χ1n) is 11.9. The van der Waals surface area contributed by atoms with Gasteiger partial charge in [0.1, 0.15) is 18.3 Å². The van der Waals surface area contributed by atoms with Crippen molar-refractivity contribution in [2.45, 2.75) is 52.6 Å². The molecule has 0 aliphatic carbocycles. The number of aryl methyl sites for hydroxylation is 1. The van der Waals surface area contributed by atoms with Gasteiger partial charge in [0.15, 0.2) is 0 Å². The summed E-state index contributed by atoms with van der Waals surface area (Å²) in [4.78, 5) is 28.2. The third-order valence-corrected chi connectivity index (χ3v) is 6.81. The smallest absolute Gasteiger partial charge is 0.244 e. The summed E-state index contributed by atoms with van der Waals surface area (Å²) in [5.41, 5.74) is 2.16. The van der Waals surface area contributed by atoms with Gasteiger partial charge in [0.05, 0.1) is 19.1 Å². The summed E-state index contributed by atoms with van der Waals surface area (Å²) in [6.07, 6.45) is 3.21. The van der Waals surface area contributed by atoms with Gasteiger partial charge in [-0.1, -0.05) is 62.2 Å². The highest BCUT2D eigenvalue weighted by molar-refractivity contribution is 7.92. The van der Waals surface area contributed by atoms with E-state index in [-0.39, 0.29) is 18.1 Å². The van der Waals surface area contributed by atoms with E-state index in [1.165, 1.54) is 12.0 Å². The number of sulfonamides is 1. The number of nitrogens with one attached hydrogen (secondary N) is 1. The van der Waals surface area contributed by atoms with Gasteiger partial charge >= 0.3 is 0 Å². The van der Waals surface area contributed by atoms with Gasteiger partial charge in [-0.15, -0.1) is 0 Å². The first-order valence-corrected chi connectivity index (χ1v) is 13.7. The van der Waals surface area contributed by atoms with Gasteiger partial charge in [0, 0.05) is 13.1 Å². The number of nitrogens with zero attached hydrogens (tertiary/aromatic N) is 2. The number of ether oxygens (including phenoxy) is 1. The maximum atomic E-state index is 13.7. The fraction of sp³-hybridized carbons (Fsp3) is 0.462. The Labute approximate surface area is 209 Å². The standard InChI is InChI=1S/C26H37N3O5S/c1-6-8-16-27-26(31)22(7-2)28(18-21-13-11-12-20(3)17-21)25(30)19-29(35(5,32)33)23-14-9-10-15-24(23)34-4/h9-15,17,22H,6-8,16,18-19H2,1-5H3,(H,27,31)/t22-/m0/s1. The van der Waals surface area contributed by atoms with Crippen LogP contribution in [0.15, 0.2) is 48.5 Å². The molecule has 0 aliphatic heterocycles.